The Morgan fingerprint density at radius 2 is 1.87 bits per heavy atom. The van der Waals surface area contributed by atoms with Crippen molar-refractivity contribution in [1.82, 2.24) is 5.32 Å². The molecule has 0 heterocycles. The third-order valence-corrected chi connectivity index (χ3v) is 1.98. The van der Waals surface area contributed by atoms with Gasteiger partial charge in [-0.05, 0) is 20.0 Å². The van der Waals surface area contributed by atoms with Crippen LogP contribution in [0, 0.1) is 5.92 Å². The summed E-state index contributed by atoms with van der Waals surface area (Å²) in [5.41, 5.74) is 0. The first-order valence-electron chi connectivity index (χ1n) is 5.51. The Bertz CT molecular complexity index is 160. The van der Waals surface area contributed by atoms with Gasteiger partial charge in [0.25, 0.3) is 0 Å². The van der Waals surface area contributed by atoms with Gasteiger partial charge in [-0.25, -0.2) is 0 Å². The maximum absolute atomic E-state index is 11.1. The van der Waals surface area contributed by atoms with E-state index in [1.54, 1.807) is 0 Å². The van der Waals surface area contributed by atoms with Gasteiger partial charge in [-0.15, -0.1) is 0 Å². The molecule has 0 aliphatic carbocycles. The summed E-state index contributed by atoms with van der Waals surface area (Å²) >= 11 is 0. The molecule has 0 aliphatic heterocycles. The molecule has 0 atom stereocenters. The average molecular weight is 217 g/mol. The fourth-order valence-corrected chi connectivity index (χ4v) is 0.910. The summed E-state index contributed by atoms with van der Waals surface area (Å²) in [6, 6.07) is 0. The largest absolute Gasteiger partial charge is 0.379 e. The van der Waals surface area contributed by atoms with Gasteiger partial charge >= 0.3 is 0 Å². The quantitative estimate of drug-likeness (QED) is 0.551. The molecule has 0 amide bonds. The van der Waals surface area contributed by atoms with E-state index in [9.17, 15) is 4.79 Å². The van der Waals surface area contributed by atoms with E-state index in [4.69, 9.17) is 9.47 Å². The van der Waals surface area contributed by atoms with Crippen LogP contribution in [0.5, 0.6) is 0 Å². The van der Waals surface area contributed by atoms with Crippen molar-refractivity contribution in [3.63, 3.8) is 0 Å². The molecule has 0 bridgehead atoms. The molecule has 0 spiro atoms. The number of carbonyl (C=O) groups excluding carboxylic acids is 1. The first-order valence-corrected chi connectivity index (χ1v) is 5.51. The zero-order valence-electron chi connectivity index (χ0n) is 10.0. The standard InChI is InChI=1S/C11H23NO3/c1-10(2)11(13)9-15-8-7-14-6-4-5-12-3/h10,12H,4-9H2,1-3H3. The Labute approximate surface area is 92.3 Å². The summed E-state index contributed by atoms with van der Waals surface area (Å²) < 4.78 is 10.5. The Hall–Kier alpha value is -0.450. The van der Waals surface area contributed by atoms with Crippen molar-refractivity contribution in [2.24, 2.45) is 5.92 Å². The Balaban J connectivity index is 3.08. The molecule has 0 saturated heterocycles. The SMILES string of the molecule is CNCCCOCCOCC(=O)C(C)C. The Morgan fingerprint density at radius 3 is 2.47 bits per heavy atom. The molecule has 0 aromatic carbocycles. The van der Waals surface area contributed by atoms with Crippen LogP contribution in [0.1, 0.15) is 20.3 Å². The molecule has 1 N–H and O–H groups in total. The first-order chi connectivity index (χ1) is 7.18. The zero-order valence-corrected chi connectivity index (χ0v) is 10.0. The van der Waals surface area contributed by atoms with Crippen molar-refractivity contribution in [2.45, 2.75) is 20.3 Å². The average Bonchev–Trinajstić information content (AvgIpc) is 2.21. The lowest BCUT2D eigenvalue weighted by molar-refractivity contribution is -0.127. The molecule has 0 aromatic heterocycles. The van der Waals surface area contributed by atoms with E-state index < -0.39 is 0 Å². The number of hydrogen-bond donors (Lipinski definition) is 1. The highest BCUT2D eigenvalue weighted by atomic mass is 16.5. The lowest BCUT2D eigenvalue weighted by atomic mass is 10.1. The van der Waals surface area contributed by atoms with E-state index in [1.165, 1.54) is 0 Å². The topological polar surface area (TPSA) is 47.6 Å². The van der Waals surface area contributed by atoms with Crippen molar-refractivity contribution in [1.29, 1.82) is 0 Å². The number of ketones is 1. The van der Waals surface area contributed by atoms with Crippen LogP contribution < -0.4 is 5.32 Å². The van der Waals surface area contributed by atoms with Crippen LogP contribution in [-0.4, -0.2) is 45.8 Å². The van der Waals surface area contributed by atoms with Gasteiger partial charge in [-0.3, -0.25) is 4.79 Å². The smallest absolute Gasteiger partial charge is 0.160 e. The molecule has 15 heavy (non-hydrogen) atoms. The van der Waals surface area contributed by atoms with Crippen LogP contribution in [0.25, 0.3) is 0 Å². The predicted molar refractivity (Wildman–Crippen MR) is 60.0 cm³/mol. The number of nitrogens with one attached hydrogen (secondary N) is 1. The normalized spacial score (nSPS) is 10.9. The molecule has 0 rings (SSSR count). The Morgan fingerprint density at radius 1 is 1.20 bits per heavy atom. The van der Waals surface area contributed by atoms with Crippen LogP contribution in [0.3, 0.4) is 0 Å². The van der Waals surface area contributed by atoms with Gasteiger partial charge in [-0.2, -0.15) is 0 Å². The maximum Gasteiger partial charge on any atom is 0.160 e. The van der Waals surface area contributed by atoms with E-state index in [-0.39, 0.29) is 18.3 Å². The van der Waals surface area contributed by atoms with Crippen LogP contribution in [0.2, 0.25) is 0 Å². The monoisotopic (exact) mass is 217 g/mol. The molecule has 0 unspecified atom stereocenters. The molecule has 4 nitrogen and oxygen atoms in total. The van der Waals surface area contributed by atoms with E-state index in [1.807, 2.05) is 20.9 Å². The van der Waals surface area contributed by atoms with E-state index in [0.717, 1.165) is 19.6 Å². The minimum atomic E-state index is 0.0570. The summed E-state index contributed by atoms with van der Waals surface area (Å²) in [7, 11) is 1.92. The third kappa shape index (κ3) is 9.85. The summed E-state index contributed by atoms with van der Waals surface area (Å²) in [6.45, 7) is 6.72. The molecule has 0 aromatic rings. The van der Waals surface area contributed by atoms with E-state index >= 15 is 0 Å². The molecule has 0 saturated carbocycles. The van der Waals surface area contributed by atoms with Gasteiger partial charge in [0.1, 0.15) is 6.61 Å². The summed E-state index contributed by atoms with van der Waals surface area (Å²) in [5, 5.41) is 3.04. The van der Waals surface area contributed by atoms with Gasteiger partial charge < -0.3 is 14.8 Å². The predicted octanol–water partition coefficient (Wildman–Crippen LogP) is 0.854. The number of carbonyl (C=O) groups is 1. The van der Waals surface area contributed by atoms with Crippen molar-refractivity contribution in [3.8, 4) is 0 Å². The lowest BCUT2D eigenvalue weighted by Crippen LogP contribution is -2.17. The summed E-state index contributed by atoms with van der Waals surface area (Å²) in [4.78, 5) is 11.1. The number of hydrogen-bond acceptors (Lipinski definition) is 4. The van der Waals surface area contributed by atoms with Crippen LogP contribution >= 0.6 is 0 Å². The fourth-order valence-electron chi connectivity index (χ4n) is 0.910. The van der Waals surface area contributed by atoms with Crippen LogP contribution in [0.4, 0.5) is 0 Å². The second-order valence-electron chi connectivity index (χ2n) is 3.74. The maximum atomic E-state index is 11.1. The van der Waals surface area contributed by atoms with Crippen molar-refractivity contribution < 1.29 is 14.3 Å². The molecule has 0 radical (unpaired) electrons. The van der Waals surface area contributed by atoms with Crippen LogP contribution in [-0.2, 0) is 14.3 Å². The second-order valence-corrected chi connectivity index (χ2v) is 3.74. The Kier molecular flexibility index (Phi) is 9.78. The molecule has 0 fully saturated rings. The number of Topliss-reactive ketones (excluding diaryl/α,β-unsaturated/α-hetero) is 1. The van der Waals surface area contributed by atoms with Gasteiger partial charge in [0, 0.05) is 12.5 Å². The van der Waals surface area contributed by atoms with Crippen molar-refractivity contribution in [3.05, 3.63) is 0 Å². The third-order valence-electron chi connectivity index (χ3n) is 1.98. The van der Waals surface area contributed by atoms with Crippen molar-refractivity contribution >= 4 is 5.78 Å². The highest BCUT2D eigenvalue weighted by Crippen LogP contribution is 1.94. The molecular formula is C11H23NO3. The van der Waals surface area contributed by atoms with E-state index in [2.05, 4.69) is 5.32 Å². The number of ether oxygens (including phenoxy) is 2. The number of rotatable bonds is 10. The molecule has 90 valence electrons. The van der Waals surface area contributed by atoms with Gasteiger partial charge in [-0.1, -0.05) is 13.8 Å². The highest BCUT2D eigenvalue weighted by molar-refractivity contribution is 5.81. The van der Waals surface area contributed by atoms with Crippen LogP contribution in [0.15, 0.2) is 0 Å². The minimum absolute atomic E-state index is 0.0570. The summed E-state index contributed by atoms with van der Waals surface area (Å²) in [5.74, 6) is 0.201. The van der Waals surface area contributed by atoms with Gasteiger partial charge in [0.2, 0.25) is 0 Å². The molecule has 0 aliphatic rings. The van der Waals surface area contributed by atoms with Gasteiger partial charge in [0.15, 0.2) is 5.78 Å². The minimum Gasteiger partial charge on any atom is -0.379 e. The van der Waals surface area contributed by atoms with E-state index in [0.29, 0.717) is 13.2 Å². The second kappa shape index (κ2) is 10.1. The highest BCUT2D eigenvalue weighted by Gasteiger charge is 2.06. The molecule has 4 heteroatoms. The molecular weight excluding hydrogens is 194 g/mol. The van der Waals surface area contributed by atoms with Gasteiger partial charge in [0.05, 0.1) is 13.2 Å². The zero-order chi connectivity index (χ0) is 11.5. The first kappa shape index (κ1) is 14.6. The van der Waals surface area contributed by atoms with Crippen molar-refractivity contribution in [2.75, 3.05) is 40.0 Å². The fraction of sp³-hybridized carbons (Fsp3) is 0.909. The lowest BCUT2D eigenvalue weighted by Gasteiger charge is -2.06. The summed E-state index contributed by atoms with van der Waals surface area (Å²) in [6.07, 6.45) is 1.00.